The minimum Gasteiger partial charge on any atom is -0.398 e. The topological polar surface area (TPSA) is 62.1 Å². The molecule has 0 spiro atoms. The molecule has 2 rings (SSSR count). The van der Waals surface area contributed by atoms with Crippen molar-refractivity contribution in [3.8, 4) is 0 Å². The summed E-state index contributed by atoms with van der Waals surface area (Å²) >= 11 is 4.15. The number of nitrogens with zero attached hydrogens (tertiary/aromatic N) is 1. The zero-order chi connectivity index (χ0) is 11.8. The lowest BCUT2D eigenvalue weighted by molar-refractivity contribution is 0.362. The summed E-state index contributed by atoms with van der Waals surface area (Å²) in [4.78, 5) is 15.2. The number of thiol groups is 1. The van der Waals surface area contributed by atoms with Crippen LogP contribution in [0.5, 0.6) is 0 Å². The van der Waals surface area contributed by atoms with Crippen LogP contribution in [0.2, 0.25) is 0 Å². The predicted molar refractivity (Wildman–Crippen MR) is 71.0 cm³/mol. The molecule has 1 aromatic heterocycles. The highest BCUT2D eigenvalue weighted by Crippen LogP contribution is 2.05. The van der Waals surface area contributed by atoms with Crippen molar-refractivity contribution in [1.82, 2.24) is 9.88 Å². The number of nitrogens with one attached hydrogen (secondary N) is 1. The summed E-state index contributed by atoms with van der Waals surface area (Å²) in [5, 5.41) is 0. The first kappa shape index (κ1) is 13.1. The molecule has 0 saturated carbocycles. The SMILES string of the molecule is Nc1ccc(=O)[nH]c1.SCCN1CCCC1. The Morgan fingerprint density at radius 1 is 1.38 bits per heavy atom. The van der Waals surface area contributed by atoms with Gasteiger partial charge in [-0.25, -0.2) is 0 Å². The van der Waals surface area contributed by atoms with E-state index in [2.05, 4.69) is 22.5 Å². The van der Waals surface area contributed by atoms with E-state index >= 15 is 0 Å². The van der Waals surface area contributed by atoms with Crippen LogP contribution in [0.3, 0.4) is 0 Å². The van der Waals surface area contributed by atoms with Gasteiger partial charge < -0.3 is 15.6 Å². The summed E-state index contributed by atoms with van der Waals surface area (Å²) in [6, 6.07) is 2.94. The smallest absolute Gasteiger partial charge is 0.248 e. The van der Waals surface area contributed by atoms with Crippen LogP contribution in [0.15, 0.2) is 23.1 Å². The Bertz CT molecular complexity index is 327. The van der Waals surface area contributed by atoms with E-state index in [1.54, 1.807) is 6.07 Å². The lowest BCUT2D eigenvalue weighted by Gasteiger charge is -2.10. The molecule has 1 fully saturated rings. The van der Waals surface area contributed by atoms with Gasteiger partial charge in [-0.15, -0.1) is 0 Å². The van der Waals surface area contributed by atoms with Gasteiger partial charge in [-0.3, -0.25) is 4.79 Å². The number of nitrogen functional groups attached to an aromatic ring is 1. The Morgan fingerprint density at radius 3 is 2.50 bits per heavy atom. The van der Waals surface area contributed by atoms with Crippen LogP contribution < -0.4 is 11.3 Å². The van der Waals surface area contributed by atoms with Crippen molar-refractivity contribution in [2.75, 3.05) is 31.1 Å². The van der Waals surface area contributed by atoms with Crippen molar-refractivity contribution < 1.29 is 0 Å². The van der Waals surface area contributed by atoms with Gasteiger partial charge in [0.15, 0.2) is 0 Å². The van der Waals surface area contributed by atoms with Crippen LogP contribution in [-0.2, 0) is 0 Å². The molecule has 1 saturated heterocycles. The van der Waals surface area contributed by atoms with Crippen molar-refractivity contribution in [2.24, 2.45) is 0 Å². The average molecular weight is 241 g/mol. The zero-order valence-corrected chi connectivity index (χ0v) is 10.2. The lowest BCUT2D eigenvalue weighted by atomic mass is 10.4. The van der Waals surface area contributed by atoms with Crippen molar-refractivity contribution >= 4 is 18.3 Å². The van der Waals surface area contributed by atoms with Crippen molar-refractivity contribution in [1.29, 1.82) is 0 Å². The van der Waals surface area contributed by atoms with Gasteiger partial charge in [-0.1, -0.05) is 0 Å². The minimum atomic E-state index is -0.126. The van der Waals surface area contributed by atoms with Crippen LogP contribution in [0.25, 0.3) is 0 Å². The Balaban J connectivity index is 0.000000160. The van der Waals surface area contributed by atoms with Gasteiger partial charge in [-0.2, -0.15) is 12.6 Å². The van der Waals surface area contributed by atoms with E-state index in [1.165, 1.54) is 44.7 Å². The summed E-state index contributed by atoms with van der Waals surface area (Å²) in [5.74, 6) is 1.01. The number of aromatic amines is 1. The molecule has 2 heterocycles. The van der Waals surface area contributed by atoms with Crippen LogP contribution in [-0.4, -0.2) is 35.3 Å². The van der Waals surface area contributed by atoms with E-state index in [0.29, 0.717) is 5.69 Å². The van der Waals surface area contributed by atoms with Gasteiger partial charge in [0.1, 0.15) is 0 Å². The number of pyridine rings is 1. The van der Waals surface area contributed by atoms with Crippen molar-refractivity contribution in [3.63, 3.8) is 0 Å². The normalized spacial score (nSPS) is 15.6. The molecule has 0 radical (unpaired) electrons. The number of rotatable bonds is 2. The molecular formula is C11H19N3OS. The van der Waals surface area contributed by atoms with Gasteiger partial charge in [0.05, 0.1) is 0 Å². The molecule has 0 amide bonds. The van der Waals surface area contributed by atoms with E-state index in [4.69, 9.17) is 5.73 Å². The molecule has 0 bridgehead atoms. The first-order valence-electron chi connectivity index (χ1n) is 5.50. The molecule has 1 aliphatic rings. The second-order valence-corrected chi connectivity index (χ2v) is 4.21. The first-order valence-corrected chi connectivity index (χ1v) is 6.13. The standard InChI is InChI=1S/C6H13NS.C5H6N2O/c8-6-5-7-3-1-2-4-7;6-4-1-2-5(8)7-3-4/h8H,1-6H2;1-3H,6H2,(H,7,8). The highest BCUT2D eigenvalue weighted by Gasteiger charge is 2.08. The number of aromatic nitrogens is 1. The molecule has 16 heavy (non-hydrogen) atoms. The Hall–Kier alpha value is -0.940. The number of H-pyrrole nitrogens is 1. The number of hydrogen-bond donors (Lipinski definition) is 3. The Morgan fingerprint density at radius 2 is 2.06 bits per heavy atom. The molecule has 90 valence electrons. The molecule has 3 N–H and O–H groups in total. The van der Waals surface area contributed by atoms with Crippen LogP contribution in [0, 0.1) is 0 Å². The Labute approximate surface area is 101 Å². The third kappa shape index (κ3) is 5.23. The monoisotopic (exact) mass is 241 g/mol. The molecule has 1 aromatic rings. The summed E-state index contributed by atoms with van der Waals surface area (Å²) < 4.78 is 0. The summed E-state index contributed by atoms with van der Waals surface area (Å²) in [7, 11) is 0. The van der Waals surface area contributed by atoms with Crippen molar-refractivity contribution in [2.45, 2.75) is 12.8 Å². The quantitative estimate of drug-likeness (QED) is 0.676. The average Bonchev–Trinajstić information content (AvgIpc) is 2.77. The molecular weight excluding hydrogens is 222 g/mol. The van der Waals surface area contributed by atoms with Gasteiger partial charge in [0.25, 0.3) is 0 Å². The fourth-order valence-electron chi connectivity index (χ4n) is 1.57. The number of anilines is 1. The van der Waals surface area contributed by atoms with Gasteiger partial charge in [0.2, 0.25) is 5.56 Å². The van der Waals surface area contributed by atoms with Gasteiger partial charge in [0, 0.05) is 30.2 Å². The third-order valence-corrected chi connectivity index (χ3v) is 2.62. The lowest BCUT2D eigenvalue weighted by Crippen LogP contribution is -2.21. The van der Waals surface area contributed by atoms with E-state index in [0.717, 1.165) is 5.75 Å². The van der Waals surface area contributed by atoms with E-state index in [-0.39, 0.29) is 5.56 Å². The fraction of sp³-hybridized carbons (Fsp3) is 0.545. The third-order valence-electron chi connectivity index (χ3n) is 2.42. The van der Waals surface area contributed by atoms with Gasteiger partial charge >= 0.3 is 0 Å². The fourth-order valence-corrected chi connectivity index (χ4v) is 1.85. The molecule has 5 heteroatoms. The molecule has 0 aliphatic carbocycles. The largest absolute Gasteiger partial charge is 0.398 e. The maximum Gasteiger partial charge on any atom is 0.248 e. The second-order valence-electron chi connectivity index (χ2n) is 3.76. The Kier molecular flexibility index (Phi) is 6.03. The van der Waals surface area contributed by atoms with E-state index in [1.807, 2.05) is 0 Å². The number of nitrogens with two attached hydrogens (primary N) is 1. The van der Waals surface area contributed by atoms with E-state index in [9.17, 15) is 4.79 Å². The summed E-state index contributed by atoms with van der Waals surface area (Å²) in [5.41, 5.74) is 5.70. The minimum absolute atomic E-state index is 0.126. The maximum atomic E-state index is 10.3. The highest BCUT2D eigenvalue weighted by molar-refractivity contribution is 7.80. The van der Waals surface area contributed by atoms with Crippen LogP contribution in [0.1, 0.15) is 12.8 Å². The molecule has 0 unspecified atom stereocenters. The second kappa shape index (κ2) is 7.35. The van der Waals surface area contributed by atoms with Crippen LogP contribution >= 0.6 is 12.6 Å². The first-order chi connectivity index (χ1) is 7.72. The molecule has 1 aliphatic heterocycles. The summed E-state index contributed by atoms with van der Waals surface area (Å²) in [6.07, 6.45) is 4.25. The predicted octanol–water partition coefficient (Wildman–Crippen LogP) is 0.969. The van der Waals surface area contributed by atoms with Crippen molar-refractivity contribution in [3.05, 3.63) is 28.7 Å². The maximum absolute atomic E-state index is 10.3. The molecule has 0 aromatic carbocycles. The highest BCUT2D eigenvalue weighted by atomic mass is 32.1. The van der Waals surface area contributed by atoms with Gasteiger partial charge in [-0.05, 0) is 32.0 Å². The number of likely N-dealkylation sites (tertiary alicyclic amines) is 1. The number of hydrogen-bond acceptors (Lipinski definition) is 4. The molecule has 4 nitrogen and oxygen atoms in total. The van der Waals surface area contributed by atoms with E-state index < -0.39 is 0 Å². The summed E-state index contributed by atoms with van der Waals surface area (Å²) in [6.45, 7) is 3.80. The van der Waals surface area contributed by atoms with Crippen LogP contribution in [0.4, 0.5) is 5.69 Å². The molecule has 0 atom stereocenters. The zero-order valence-electron chi connectivity index (χ0n) is 9.35.